The lowest BCUT2D eigenvalue weighted by atomic mass is 9.96. The molecule has 7 nitrogen and oxygen atoms in total. The van der Waals surface area contributed by atoms with Gasteiger partial charge in [0, 0.05) is 24.0 Å². The topological polar surface area (TPSA) is 105 Å². The summed E-state index contributed by atoms with van der Waals surface area (Å²) in [4.78, 5) is 38.7. The minimum Gasteiger partial charge on any atom is -0.463 e. The third-order valence-corrected chi connectivity index (χ3v) is 7.42. The fourth-order valence-corrected chi connectivity index (χ4v) is 5.10. The van der Waals surface area contributed by atoms with Crippen molar-refractivity contribution < 1.29 is 24.2 Å². The molecule has 0 unspecified atom stereocenters. The number of esters is 1. The molecule has 0 fully saturated rings. The van der Waals surface area contributed by atoms with Crippen LogP contribution in [0.2, 0.25) is 0 Å². The highest BCUT2D eigenvalue weighted by Gasteiger charge is 2.26. The van der Waals surface area contributed by atoms with Gasteiger partial charge in [0.15, 0.2) is 0 Å². The Hall–Kier alpha value is -3.36. The second-order valence-corrected chi connectivity index (χ2v) is 10.9. The minimum atomic E-state index is -0.632. The molecule has 2 amide bonds. The number of nitrogens with one attached hydrogen (secondary N) is 2. The van der Waals surface area contributed by atoms with E-state index in [4.69, 9.17) is 4.74 Å². The molecule has 0 spiro atoms. The van der Waals surface area contributed by atoms with Crippen LogP contribution in [-0.2, 0) is 31.3 Å². The summed E-state index contributed by atoms with van der Waals surface area (Å²) in [6.07, 6.45) is 4.62. The maximum Gasteiger partial charge on any atom is 0.309 e. The maximum absolute atomic E-state index is 13.2. The predicted octanol–water partition coefficient (Wildman–Crippen LogP) is 4.46. The maximum atomic E-state index is 13.2. The van der Waals surface area contributed by atoms with E-state index in [0.717, 1.165) is 16.9 Å². The van der Waals surface area contributed by atoms with Gasteiger partial charge in [0.05, 0.1) is 24.5 Å². The summed E-state index contributed by atoms with van der Waals surface area (Å²) in [5, 5.41) is 14.9. The van der Waals surface area contributed by atoms with Crippen LogP contribution in [0.1, 0.15) is 37.3 Å². The quantitative estimate of drug-likeness (QED) is 0.171. The Morgan fingerprint density at radius 1 is 0.925 bits per heavy atom. The SMILES string of the molecule is C=CC[C@@H](CC(=O)N[C@H](C)CO)C(=O)N[C@H](COC(=O)[C@@H](CC=C)Cc1ccccc1)CSCc1ccccc1. The van der Waals surface area contributed by atoms with Gasteiger partial charge < -0.3 is 20.5 Å². The molecule has 0 aliphatic carbocycles. The van der Waals surface area contributed by atoms with Crippen LogP contribution in [0.25, 0.3) is 0 Å². The van der Waals surface area contributed by atoms with Crippen molar-refractivity contribution in [3.05, 3.63) is 97.1 Å². The molecular weight excluding hydrogens is 524 g/mol. The smallest absolute Gasteiger partial charge is 0.309 e. The predicted molar refractivity (Wildman–Crippen MR) is 162 cm³/mol. The van der Waals surface area contributed by atoms with Crippen LogP contribution in [-0.4, -0.2) is 53.9 Å². The molecule has 2 aromatic carbocycles. The van der Waals surface area contributed by atoms with Crippen LogP contribution >= 0.6 is 11.8 Å². The number of hydrogen-bond acceptors (Lipinski definition) is 6. The third-order valence-electron chi connectivity index (χ3n) is 6.25. The molecule has 0 saturated carbocycles. The number of allylic oxidation sites excluding steroid dienone is 2. The molecule has 0 aliphatic rings. The molecule has 0 bridgehead atoms. The van der Waals surface area contributed by atoms with E-state index >= 15 is 0 Å². The first-order valence-corrected chi connectivity index (χ1v) is 14.8. The van der Waals surface area contributed by atoms with Crippen molar-refractivity contribution in [1.82, 2.24) is 10.6 Å². The van der Waals surface area contributed by atoms with E-state index in [-0.39, 0.29) is 43.3 Å². The van der Waals surface area contributed by atoms with Crippen molar-refractivity contribution in [2.24, 2.45) is 11.8 Å². The van der Waals surface area contributed by atoms with E-state index in [2.05, 4.69) is 23.8 Å². The summed E-state index contributed by atoms with van der Waals surface area (Å²) in [6, 6.07) is 18.9. The van der Waals surface area contributed by atoms with Gasteiger partial charge in [0.25, 0.3) is 0 Å². The van der Waals surface area contributed by atoms with Gasteiger partial charge in [0.2, 0.25) is 11.8 Å². The first-order valence-electron chi connectivity index (χ1n) is 13.6. The highest BCUT2D eigenvalue weighted by molar-refractivity contribution is 7.98. The zero-order valence-corrected chi connectivity index (χ0v) is 24.1. The molecule has 216 valence electrons. The van der Waals surface area contributed by atoms with E-state index in [1.165, 1.54) is 0 Å². The fourth-order valence-electron chi connectivity index (χ4n) is 4.09. The summed E-state index contributed by atoms with van der Waals surface area (Å²) in [6.45, 7) is 9.03. The number of ether oxygens (including phenoxy) is 1. The van der Waals surface area contributed by atoms with Crippen LogP contribution in [0.5, 0.6) is 0 Å². The Balaban J connectivity index is 2.06. The Kier molecular flexibility index (Phi) is 15.5. The minimum absolute atomic E-state index is 0.0172. The molecule has 2 rings (SSSR count). The summed E-state index contributed by atoms with van der Waals surface area (Å²) >= 11 is 1.63. The van der Waals surface area contributed by atoms with E-state index < -0.39 is 18.0 Å². The van der Waals surface area contributed by atoms with E-state index in [1.807, 2.05) is 60.7 Å². The molecule has 0 aliphatic heterocycles. The van der Waals surface area contributed by atoms with Crippen molar-refractivity contribution in [2.45, 2.75) is 50.4 Å². The number of thioether (sulfide) groups is 1. The number of carbonyl (C=O) groups excluding carboxylic acids is 3. The lowest BCUT2D eigenvalue weighted by Crippen LogP contribution is -2.45. The third kappa shape index (κ3) is 12.7. The molecule has 0 aromatic heterocycles. The largest absolute Gasteiger partial charge is 0.463 e. The number of rotatable bonds is 19. The highest BCUT2D eigenvalue weighted by atomic mass is 32.2. The number of carbonyl (C=O) groups is 3. The Morgan fingerprint density at radius 3 is 2.12 bits per heavy atom. The van der Waals surface area contributed by atoms with Crippen molar-refractivity contribution in [2.75, 3.05) is 19.0 Å². The van der Waals surface area contributed by atoms with E-state index in [9.17, 15) is 19.5 Å². The van der Waals surface area contributed by atoms with Crippen molar-refractivity contribution in [3.8, 4) is 0 Å². The second kappa shape index (κ2) is 18.8. The average molecular weight is 567 g/mol. The molecule has 40 heavy (non-hydrogen) atoms. The summed E-state index contributed by atoms with van der Waals surface area (Å²) < 4.78 is 5.74. The van der Waals surface area contributed by atoms with Gasteiger partial charge in [-0.1, -0.05) is 72.8 Å². The zero-order valence-electron chi connectivity index (χ0n) is 23.3. The Morgan fingerprint density at radius 2 is 1.52 bits per heavy atom. The highest BCUT2D eigenvalue weighted by Crippen LogP contribution is 2.18. The molecular formula is C32H42N2O5S. The standard InChI is InChI=1S/C32H42N2O5S/c1-4-12-27(19-30(36)33-24(3)20-35)31(37)34-29(23-40-22-26-16-10-7-11-17-26)21-39-32(38)28(13-5-2)18-25-14-8-6-9-15-25/h4-11,14-17,24,27-29,35H,1-2,12-13,18-23H2,3H3,(H,33,36)(H,34,37)/t24-,27+,28+,29-/m1/s1. The van der Waals surface area contributed by atoms with Crippen LogP contribution in [0, 0.1) is 11.8 Å². The van der Waals surface area contributed by atoms with Gasteiger partial charge in [0.1, 0.15) is 6.61 Å². The summed E-state index contributed by atoms with van der Waals surface area (Å²) in [5.74, 6) is -0.709. The van der Waals surface area contributed by atoms with Gasteiger partial charge in [-0.05, 0) is 37.3 Å². The lowest BCUT2D eigenvalue weighted by molar-refractivity contribution is -0.149. The molecule has 2 aromatic rings. The average Bonchev–Trinajstić information content (AvgIpc) is 2.96. The number of benzene rings is 2. The second-order valence-electron chi connectivity index (χ2n) is 9.82. The lowest BCUT2D eigenvalue weighted by Gasteiger charge is -2.23. The zero-order chi connectivity index (χ0) is 29.2. The van der Waals surface area contributed by atoms with Crippen molar-refractivity contribution in [3.63, 3.8) is 0 Å². The molecule has 0 heterocycles. The van der Waals surface area contributed by atoms with Crippen LogP contribution in [0.3, 0.4) is 0 Å². The monoisotopic (exact) mass is 566 g/mol. The van der Waals surface area contributed by atoms with Crippen LogP contribution in [0.4, 0.5) is 0 Å². The summed E-state index contributed by atoms with van der Waals surface area (Å²) in [7, 11) is 0. The summed E-state index contributed by atoms with van der Waals surface area (Å²) in [5.41, 5.74) is 2.19. The van der Waals surface area contributed by atoms with Gasteiger partial charge in [-0.2, -0.15) is 11.8 Å². The van der Waals surface area contributed by atoms with Crippen molar-refractivity contribution in [1.29, 1.82) is 0 Å². The molecule has 3 N–H and O–H groups in total. The number of hydrogen-bond donors (Lipinski definition) is 3. The van der Waals surface area contributed by atoms with E-state index in [1.54, 1.807) is 30.8 Å². The van der Waals surface area contributed by atoms with E-state index in [0.29, 0.717) is 25.0 Å². The van der Waals surface area contributed by atoms with Gasteiger partial charge in [-0.3, -0.25) is 14.4 Å². The number of aliphatic hydroxyl groups excluding tert-OH is 1. The van der Waals surface area contributed by atoms with Crippen LogP contribution < -0.4 is 10.6 Å². The number of aliphatic hydroxyl groups is 1. The Labute approximate surface area is 242 Å². The fraction of sp³-hybridized carbons (Fsp3) is 0.406. The van der Waals surface area contributed by atoms with Crippen molar-refractivity contribution >= 4 is 29.5 Å². The van der Waals surface area contributed by atoms with Crippen LogP contribution in [0.15, 0.2) is 86.0 Å². The number of amides is 2. The first-order chi connectivity index (χ1) is 19.4. The first kappa shape index (κ1) is 32.8. The van der Waals surface area contributed by atoms with Gasteiger partial charge in [-0.15, -0.1) is 13.2 Å². The molecule has 0 saturated heterocycles. The van der Waals surface area contributed by atoms with Gasteiger partial charge in [-0.25, -0.2) is 0 Å². The molecule has 4 atom stereocenters. The molecule has 8 heteroatoms. The normalized spacial score (nSPS) is 13.8. The van der Waals surface area contributed by atoms with Gasteiger partial charge >= 0.3 is 5.97 Å². The Bertz CT molecular complexity index is 1060. The molecule has 0 radical (unpaired) electrons.